The molecular formula is C16H18ClNO. The zero-order valence-electron chi connectivity index (χ0n) is 11.0. The van der Waals surface area contributed by atoms with E-state index >= 15 is 0 Å². The maximum absolute atomic E-state index is 6.22. The number of hydrogen-bond donors (Lipinski definition) is 1. The molecule has 2 aromatic carbocycles. The summed E-state index contributed by atoms with van der Waals surface area (Å²) in [4.78, 5) is 0. The van der Waals surface area contributed by atoms with Gasteiger partial charge in [-0.3, -0.25) is 0 Å². The average Bonchev–Trinajstić information content (AvgIpc) is 2.45. The summed E-state index contributed by atoms with van der Waals surface area (Å²) in [5, 5.41) is 0.699. The van der Waals surface area contributed by atoms with Crippen molar-refractivity contribution < 1.29 is 4.74 Å². The molecule has 2 rings (SSSR count). The lowest BCUT2D eigenvalue weighted by molar-refractivity contribution is 0.318. The molecule has 0 radical (unpaired) electrons. The summed E-state index contributed by atoms with van der Waals surface area (Å²) in [5.74, 6) is 0.890. The SMILES string of the molecule is CCCOc1ccccc1-c1ccc(CN)c(Cl)c1. The molecule has 0 aliphatic carbocycles. The van der Waals surface area contributed by atoms with Crippen LogP contribution in [0.5, 0.6) is 5.75 Å². The van der Waals surface area contributed by atoms with Gasteiger partial charge in [0.15, 0.2) is 0 Å². The van der Waals surface area contributed by atoms with E-state index in [1.807, 2.05) is 42.5 Å². The number of rotatable bonds is 5. The Hall–Kier alpha value is -1.51. The predicted molar refractivity (Wildman–Crippen MR) is 80.6 cm³/mol. The molecule has 0 unspecified atom stereocenters. The molecule has 0 bridgehead atoms. The zero-order chi connectivity index (χ0) is 13.7. The van der Waals surface area contributed by atoms with Crippen LogP contribution < -0.4 is 10.5 Å². The second-order valence-corrected chi connectivity index (χ2v) is 4.76. The fraction of sp³-hybridized carbons (Fsp3) is 0.250. The monoisotopic (exact) mass is 275 g/mol. The van der Waals surface area contributed by atoms with Gasteiger partial charge in [0.25, 0.3) is 0 Å². The van der Waals surface area contributed by atoms with Gasteiger partial charge in [-0.25, -0.2) is 0 Å². The van der Waals surface area contributed by atoms with Crippen LogP contribution in [0.2, 0.25) is 5.02 Å². The van der Waals surface area contributed by atoms with Gasteiger partial charge in [0.05, 0.1) is 6.61 Å². The molecule has 0 fully saturated rings. The highest BCUT2D eigenvalue weighted by Gasteiger charge is 2.07. The van der Waals surface area contributed by atoms with Crippen molar-refractivity contribution in [2.45, 2.75) is 19.9 Å². The van der Waals surface area contributed by atoms with Gasteiger partial charge >= 0.3 is 0 Å². The van der Waals surface area contributed by atoms with Crippen LogP contribution in [-0.4, -0.2) is 6.61 Å². The maximum atomic E-state index is 6.22. The molecule has 0 saturated heterocycles. The van der Waals surface area contributed by atoms with Crippen LogP contribution in [0, 0.1) is 0 Å². The number of halogens is 1. The van der Waals surface area contributed by atoms with E-state index in [9.17, 15) is 0 Å². The molecule has 0 spiro atoms. The normalized spacial score (nSPS) is 10.5. The van der Waals surface area contributed by atoms with E-state index in [0.29, 0.717) is 18.2 Å². The van der Waals surface area contributed by atoms with E-state index in [1.165, 1.54) is 0 Å². The topological polar surface area (TPSA) is 35.2 Å². The highest BCUT2D eigenvalue weighted by atomic mass is 35.5. The van der Waals surface area contributed by atoms with Crippen molar-refractivity contribution in [3.05, 3.63) is 53.1 Å². The number of para-hydroxylation sites is 1. The molecule has 0 heterocycles. The first-order chi connectivity index (χ1) is 9.26. The number of nitrogens with two attached hydrogens (primary N) is 1. The Morgan fingerprint density at radius 1 is 1.16 bits per heavy atom. The molecule has 19 heavy (non-hydrogen) atoms. The third-order valence-corrected chi connectivity index (χ3v) is 3.28. The molecule has 2 N–H and O–H groups in total. The van der Waals surface area contributed by atoms with Crippen LogP contribution in [-0.2, 0) is 6.54 Å². The van der Waals surface area contributed by atoms with E-state index in [0.717, 1.165) is 28.9 Å². The van der Waals surface area contributed by atoms with Crippen molar-refractivity contribution in [2.24, 2.45) is 5.73 Å². The van der Waals surface area contributed by atoms with Crippen LogP contribution in [0.15, 0.2) is 42.5 Å². The Kier molecular flexibility index (Phi) is 4.83. The summed E-state index contributed by atoms with van der Waals surface area (Å²) in [6.07, 6.45) is 0.987. The third kappa shape index (κ3) is 3.28. The molecule has 100 valence electrons. The van der Waals surface area contributed by atoms with Gasteiger partial charge in [-0.1, -0.05) is 48.9 Å². The summed E-state index contributed by atoms with van der Waals surface area (Å²) < 4.78 is 5.77. The van der Waals surface area contributed by atoms with Crippen molar-refractivity contribution in [2.75, 3.05) is 6.61 Å². The fourth-order valence-electron chi connectivity index (χ4n) is 1.92. The minimum absolute atomic E-state index is 0.451. The van der Waals surface area contributed by atoms with Crippen molar-refractivity contribution in [1.29, 1.82) is 0 Å². The van der Waals surface area contributed by atoms with Gasteiger partial charge < -0.3 is 10.5 Å². The largest absolute Gasteiger partial charge is 0.493 e. The maximum Gasteiger partial charge on any atom is 0.127 e. The summed E-state index contributed by atoms with van der Waals surface area (Å²) in [5.41, 5.74) is 8.69. The summed E-state index contributed by atoms with van der Waals surface area (Å²) in [7, 11) is 0. The minimum atomic E-state index is 0.451. The van der Waals surface area contributed by atoms with Gasteiger partial charge in [-0.05, 0) is 29.7 Å². The van der Waals surface area contributed by atoms with Gasteiger partial charge in [0.2, 0.25) is 0 Å². The predicted octanol–water partition coefficient (Wildman–Crippen LogP) is 4.25. The Morgan fingerprint density at radius 2 is 1.95 bits per heavy atom. The van der Waals surface area contributed by atoms with E-state index in [4.69, 9.17) is 22.1 Å². The number of benzene rings is 2. The Bertz CT molecular complexity index is 554. The van der Waals surface area contributed by atoms with E-state index < -0.39 is 0 Å². The van der Waals surface area contributed by atoms with Crippen LogP contribution in [0.1, 0.15) is 18.9 Å². The van der Waals surface area contributed by atoms with Crippen LogP contribution in [0.25, 0.3) is 11.1 Å². The number of ether oxygens (including phenoxy) is 1. The smallest absolute Gasteiger partial charge is 0.127 e. The van der Waals surface area contributed by atoms with E-state index in [2.05, 4.69) is 6.92 Å². The standard InChI is InChI=1S/C16H18ClNO/c1-2-9-19-16-6-4-3-5-14(16)12-7-8-13(11-18)15(17)10-12/h3-8,10H,2,9,11,18H2,1H3. The zero-order valence-corrected chi connectivity index (χ0v) is 11.8. The third-order valence-electron chi connectivity index (χ3n) is 2.93. The summed E-state index contributed by atoms with van der Waals surface area (Å²) in [6, 6.07) is 13.9. The lowest BCUT2D eigenvalue weighted by atomic mass is 10.0. The quantitative estimate of drug-likeness (QED) is 0.885. The molecule has 2 aromatic rings. The van der Waals surface area contributed by atoms with Crippen LogP contribution in [0.4, 0.5) is 0 Å². The van der Waals surface area contributed by atoms with Gasteiger partial charge in [0.1, 0.15) is 5.75 Å². The summed E-state index contributed by atoms with van der Waals surface area (Å²) >= 11 is 6.22. The molecule has 2 nitrogen and oxygen atoms in total. The Labute approximate surface area is 119 Å². The van der Waals surface area contributed by atoms with Crippen molar-refractivity contribution >= 4 is 11.6 Å². The second-order valence-electron chi connectivity index (χ2n) is 4.35. The molecule has 0 atom stereocenters. The number of hydrogen-bond acceptors (Lipinski definition) is 2. The first kappa shape index (κ1) is 13.9. The highest BCUT2D eigenvalue weighted by molar-refractivity contribution is 6.31. The Balaban J connectivity index is 2.38. The molecule has 0 saturated carbocycles. The van der Waals surface area contributed by atoms with Crippen LogP contribution >= 0.6 is 11.6 Å². The first-order valence-corrected chi connectivity index (χ1v) is 6.84. The molecule has 0 aliphatic rings. The van der Waals surface area contributed by atoms with Crippen molar-refractivity contribution in [1.82, 2.24) is 0 Å². The van der Waals surface area contributed by atoms with Gasteiger partial charge in [-0.15, -0.1) is 0 Å². The van der Waals surface area contributed by atoms with Crippen molar-refractivity contribution in [3.8, 4) is 16.9 Å². The van der Waals surface area contributed by atoms with Crippen molar-refractivity contribution in [3.63, 3.8) is 0 Å². The average molecular weight is 276 g/mol. The minimum Gasteiger partial charge on any atom is -0.493 e. The van der Waals surface area contributed by atoms with E-state index in [1.54, 1.807) is 0 Å². The van der Waals surface area contributed by atoms with E-state index in [-0.39, 0.29) is 0 Å². The first-order valence-electron chi connectivity index (χ1n) is 6.47. The van der Waals surface area contributed by atoms with Gasteiger partial charge in [0, 0.05) is 17.1 Å². The molecule has 0 amide bonds. The molecular weight excluding hydrogens is 258 g/mol. The Morgan fingerprint density at radius 3 is 2.63 bits per heavy atom. The van der Waals surface area contributed by atoms with Gasteiger partial charge in [-0.2, -0.15) is 0 Å². The summed E-state index contributed by atoms with van der Waals surface area (Å²) in [6.45, 7) is 3.26. The molecule has 3 heteroatoms. The highest BCUT2D eigenvalue weighted by Crippen LogP contribution is 2.32. The lowest BCUT2D eigenvalue weighted by Gasteiger charge is -2.12. The second kappa shape index (κ2) is 6.60. The lowest BCUT2D eigenvalue weighted by Crippen LogP contribution is -1.98. The molecule has 0 aromatic heterocycles. The van der Waals surface area contributed by atoms with Crippen LogP contribution in [0.3, 0.4) is 0 Å². The fourth-order valence-corrected chi connectivity index (χ4v) is 2.18. The molecule has 0 aliphatic heterocycles.